The zero-order chi connectivity index (χ0) is 15.8. The van der Waals surface area contributed by atoms with Crippen LogP contribution in [0.5, 0.6) is 0 Å². The topological polar surface area (TPSA) is 55.0 Å². The summed E-state index contributed by atoms with van der Waals surface area (Å²) >= 11 is 7.08. The van der Waals surface area contributed by atoms with Crippen LogP contribution in [0.15, 0.2) is 28.9 Å². The first-order chi connectivity index (χ1) is 10.6. The van der Waals surface area contributed by atoms with E-state index in [0.29, 0.717) is 5.11 Å². The molecule has 0 saturated heterocycles. The first kappa shape index (κ1) is 16.9. The molecule has 2 N–H and O–H groups in total. The number of thioether (sulfide) groups is 1. The van der Waals surface area contributed by atoms with Crippen molar-refractivity contribution in [2.24, 2.45) is 0 Å². The van der Waals surface area contributed by atoms with E-state index < -0.39 is 0 Å². The summed E-state index contributed by atoms with van der Waals surface area (Å²) in [5, 5.41) is 7.12. The third-order valence-corrected chi connectivity index (χ3v) is 4.40. The van der Waals surface area contributed by atoms with E-state index in [1.54, 1.807) is 0 Å². The van der Waals surface area contributed by atoms with Gasteiger partial charge < -0.3 is 19.6 Å². The highest BCUT2D eigenvalue weighted by Gasteiger charge is 2.00. The fourth-order valence-corrected chi connectivity index (χ4v) is 2.92. The fourth-order valence-electron chi connectivity index (χ4n) is 1.96. The average molecular weight is 339 g/mol. The summed E-state index contributed by atoms with van der Waals surface area (Å²) in [5.74, 6) is 4.90. The number of furan rings is 1. The minimum absolute atomic E-state index is 0.701. The third-order valence-electron chi connectivity index (χ3n) is 3.13. The first-order valence-corrected chi connectivity index (χ1v) is 8.84. The maximum absolute atomic E-state index is 5.52. The number of nitrogens with one attached hydrogen (secondary N) is 2. The second kappa shape index (κ2) is 8.85. The summed E-state index contributed by atoms with van der Waals surface area (Å²) in [6.07, 6.45) is 3.78. The van der Waals surface area contributed by atoms with Crippen LogP contribution < -0.4 is 10.6 Å². The molecule has 0 aliphatic carbocycles. The summed E-state index contributed by atoms with van der Waals surface area (Å²) in [4.78, 5) is 4.19. The second-order valence-electron chi connectivity index (χ2n) is 4.92. The standard InChI is InChI=1S/C15H22N4OS2/c1-12-3-4-14(20-12)11-22-10-7-18-15(21)17-6-9-19-8-5-16-13(19)2/h3-5,8H,6-7,9-11H2,1-2H3,(H2,17,18,21). The molecular formula is C15H22N4OS2. The molecule has 0 aliphatic heterocycles. The number of nitrogens with zero attached hydrogens (tertiary/aromatic N) is 2. The molecule has 0 bridgehead atoms. The lowest BCUT2D eigenvalue weighted by Gasteiger charge is -2.11. The number of hydrogen-bond donors (Lipinski definition) is 2. The predicted octanol–water partition coefficient (Wildman–Crippen LogP) is 2.49. The van der Waals surface area contributed by atoms with Crippen LogP contribution in [0.4, 0.5) is 0 Å². The zero-order valence-corrected chi connectivity index (χ0v) is 14.6. The molecule has 0 spiro atoms. The highest BCUT2D eigenvalue weighted by Crippen LogP contribution is 2.14. The van der Waals surface area contributed by atoms with E-state index in [2.05, 4.69) is 20.2 Å². The van der Waals surface area contributed by atoms with E-state index in [1.165, 1.54) is 0 Å². The smallest absolute Gasteiger partial charge is 0.166 e. The largest absolute Gasteiger partial charge is 0.466 e. The Labute approximate surface area is 140 Å². The van der Waals surface area contributed by atoms with Crippen LogP contribution in [0.25, 0.3) is 0 Å². The van der Waals surface area contributed by atoms with Gasteiger partial charge in [0.2, 0.25) is 0 Å². The van der Waals surface area contributed by atoms with Gasteiger partial charge in [0.15, 0.2) is 5.11 Å². The normalized spacial score (nSPS) is 10.6. The molecule has 0 atom stereocenters. The van der Waals surface area contributed by atoms with Gasteiger partial charge in [-0.3, -0.25) is 0 Å². The van der Waals surface area contributed by atoms with Crippen molar-refractivity contribution < 1.29 is 4.42 Å². The van der Waals surface area contributed by atoms with Gasteiger partial charge in [-0.1, -0.05) is 0 Å². The summed E-state index contributed by atoms with van der Waals surface area (Å²) in [6.45, 7) is 6.46. The van der Waals surface area contributed by atoms with Crippen LogP contribution >= 0.6 is 24.0 Å². The Bertz CT molecular complexity index is 594. The summed E-state index contributed by atoms with van der Waals surface area (Å²) in [7, 11) is 0. The molecule has 0 fully saturated rings. The number of hydrogen-bond acceptors (Lipinski definition) is 4. The lowest BCUT2D eigenvalue weighted by Crippen LogP contribution is -2.38. The molecule has 2 heterocycles. The van der Waals surface area contributed by atoms with E-state index in [-0.39, 0.29) is 0 Å². The Morgan fingerprint density at radius 1 is 1.32 bits per heavy atom. The van der Waals surface area contributed by atoms with Crippen molar-refractivity contribution in [2.45, 2.75) is 26.1 Å². The van der Waals surface area contributed by atoms with Crippen molar-refractivity contribution in [3.05, 3.63) is 41.9 Å². The zero-order valence-electron chi connectivity index (χ0n) is 13.0. The van der Waals surface area contributed by atoms with Crippen LogP contribution in [0.2, 0.25) is 0 Å². The fraction of sp³-hybridized carbons (Fsp3) is 0.467. The Morgan fingerprint density at radius 3 is 2.82 bits per heavy atom. The number of aromatic nitrogens is 2. The van der Waals surface area contributed by atoms with Gasteiger partial charge in [-0.05, 0) is 38.2 Å². The van der Waals surface area contributed by atoms with Crippen molar-refractivity contribution in [2.75, 3.05) is 18.8 Å². The first-order valence-electron chi connectivity index (χ1n) is 7.27. The van der Waals surface area contributed by atoms with Crippen LogP contribution in [-0.2, 0) is 12.3 Å². The molecule has 0 radical (unpaired) electrons. The van der Waals surface area contributed by atoms with Crippen molar-refractivity contribution in [3.63, 3.8) is 0 Å². The molecule has 0 aromatic carbocycles. The summed E-state index contributed by atoms with van der Waals surface area (Å²) < 4.78 is 7.62. The Balaban J connectivity index is 1.50. The molecule has 2 aromatic heterocycles. The predicted molar refractivity (Wildman–Crippen MR) is 95.2 cm³/mol. The Kier molecular flexibility index (Phi) is 6.79. The minimum Gasteiger partial charge on any atom is -0.466 e. The van der Waals surface area contributed by atoms with Crippen molar-refractivity contribution >= 4 is 29.1 Å². The Morgan fingerprint density at radius 2 is 2.14 bits per heavy atom. The summed E-state index contributed by atoms with van der Waals surface area (Å²) in [6, 6.07) is 4.02. The Hall–Kier alpha value is -1.47. The van der Waals surface area contributed by atoms with Crippen LogP contribution in [-0.4, -0.2) is 33.5 Å². The number of thiocarbonyl (C=S) groups is 1. The maximum Gasteiger partial charge on any atom is 0.166 e. The number of rotatable bonds is 8. The van der Waals surface area contributed by atoms with Gasteiger partial charge in [0.25, 0.3) is 0 Å². The number of imidazole rings is 1. The molecule has 2 rings (SSSR count). The van der Waals surface area contributed by atoms with E-state index in [0.717, 1.165) is 48.5 Å². The molecule has 0 amide bonds. The van der Waals surface area contributed by atoms with E-state index in [1.807, 2.05) is 50.1 Å². The highest BCUT2D eigenvalue weighted by molar-refractivity contribution is 7.98. The van der Waals surface area contributed by atoms with Gasteiger partial charge in [-0.2, -0.15) is 11.8 Å². The molecule has 120 valence electrons. The second-order valence-corrected chi connectivity index (χ2v) is 6.43. The van der Waals surface area contributed by atoms with Crippen LogP contribution in [0.3, 0.4) is 0 Å². The molecular weight excluding hydrogens is 316 g/mol. The molecule has 22 heavy (non-hydrogen) atoms. The van der Waals surface area contributed by atoms with Crippen LogP contribution in [0, 0.1) is 13.8 Å². The molecule has 0 saturated carbocycles. The van der Waals surface area contributed by atoms with Gasteiger partial charge in [-0.25, -0.2) is 4.98 Å². The number of aryl methyl sites for hydroxylation is 2. The molecule has 0 aliphatic rings. The summed E-state index contributed by atoms with van der Waals surface area (Å²) in [5.41, 5.74) is 0. The van der Waals surface area contributed by atoms with Crippen LogP contribution in [0.1, 0.15) is 17.3 Å². The van der Waals surface area contributed by atoms with E-state index in [9.17, 15) is 0 Å². The molecule has 0 unspecified atom stereocenters. The lowest BCUT2D eigenvalue weighted by molar-refractivity contribution is 0.501. The van der Waals surface area contributed by atoms with Gasteiger partial charge in [-0.15, -0.1) is 0 Å². The molecule has 5 nitrogen and oxygen atoms in total. The van der Waals surface area contributed by atoms with Crippen molar-refractivity contribution in [1.82, 2.24) is 20.2 Å². The van der Waals surface area contributed by atoms with Gasteiger partial charge in [0.05, 0.1) is 5.75 Å². The van der Waals surface area contributed by atoms with Crippen molar-refractivity contribution in [1.29, 1.82) is 0 Å². The average Bonchev–Trinajstić information content (AvgIpc) is 3.08. The van der Waals surface area contributed by atoms with E-state index in [4.69, 9.17) is 16.6 Å². The maximum atomic E-state index is 5.52. The van der Waals surface area contributed by atoms with Gasteiger partial charge >= 0.3 is 0 Å². The van der Waals surface area contributed by atoms with Gasteiger partial charge in [0.1, 0.15) is 17.3 Å². The molecule has 7 heteroatoms. The highest BCUT2D eigenvalue weighted by atomic mass is 32.2. The quantitative estimate of drug-likeness (QED) is 0.570. The SMILES string of the molecule is Cc1ccc(CSCCNC(=S)NCCn2ccnc2C)o1. The van der Waals surface area contributed by atoms with E-state index >= 15 is 0 Å². The van der Waals surface area contributed by atoms with Crippen molar-refractivity contribution in [3.8, 4) is 0 Å². The molecule has 2 aromatic rings. The van der Waals surface area contributed by atoms with Gasteiger partial charge in [0, 0.05) is 37.8 Å². The minimum atomic E-state index is 0.701. The third kappa shape index (κ3) is 5.73. The monoisotopic (exact) mass is 338 g/mol. The lowest BCUT2D eigenvalue weighted by atomic mass is 10.5.